The number of nitrogens with zero attached hydrogens (tertiary/aromatic N) is 2. The summed E-state index contributed by atoms with van der Waals surface area (Å²) in [6, 6.07) is 16.6. The molecule has 3 aromatic rings. The number of aromatic amines is 1. The van der Waals surface area contributed by atoms with Crippen LogP contribution in [0.4, 0.5) is 0 Å². The van der Waals surface area contributed by atoms with Crippen LogP contribution in [0, 0.1) is 5.92 Å². The summed E-state index contributed by atoms with van der Waals surface area (Å²) in [4.78, 5) is 45.2. The zero-order valence-corrected chi connectivity index (χ0v) is 18.6. The summed E-state index contributed by atoms with van der Waals surface area (Å²) in [6.07, 6.45) is 2.69. The molecule has 1 aromatic heterocycles. The molecule has 1 N–H and O–H groups in total. The first-order valence-corrected chi connectivity index (χ1v) is 11.4. The molecular weight excluding hydrogens is 418 g/mol. The molecule has 2 atom stereocenters. The van der Waals surface area contributed by atoms with Crippen molar-refractivity contribution in [1.29, 1.82) is 0 Å². The third-order valence-electron chi connectivity index (χ3n) is 6.93. The number of fused-ring (bicyclic) bond motifs is 2. The fraction of sp³-hybridized carbons (Fsp3) is 0.346. The van der Waals surface area contributed by atoms with E-state index in [2.05, 4.69) is 4.98 Å². The number of rotatable bonds is 3. The monoisotopic (exact) mass is 445 g/mol. The molecular formula is C26H27N3O4. The van der Waals surface area contributed by atoms with Gasteiger partial charge in [-0.25, -0.2) is 4.79 Å². The average Bonchev–Trinajstić information content (AvgIpc) is 3.31. The Morgan fingerprint density at radius 2 is 1.70 bits per heavy atom. The number of carbonyl (C=O) groups excluding carboxylic acids is 3. The maximum absolute atomic E-state index is 13.3. The number of methoxy groups -OCH3 is 1. The van der Waals surface area contributed by atoms with Gasteiger partial charge in [-0.05, 0) is 61.6 Å². The zero-order valence-electron chi connectivity index (χ0n) is 18.6. The summed E-state index contributed by atoms with van der Waals surface area (Å²) in [5.74, 6) is -0.152. The molecule has 5 rings (SSSR count). The number of hydrogen-bond donors (Lipinski definition) is 1. The third kappa shape index (κ3) is 3.99. The molecule has 0 bridgehead atoms. The number of amides is 2. The molecule has 2 amide bonds. The van der Waals surface area contributed by atoms with E-state index in [0.29, 0.717) is 36.5 Å². The number of nitrogens with one attached hydrogen (secondary N) is 1. The van der Waals surface area contributed by atoms with Crippen LogP contribution >= 0.6 is 0 Å². The van der Waals surface area contributed by atoms with Crippen LogP contribution in [0.25, 0.3) is 10.9 Å². The first-order chi connectivity index (χ1) is 16.0. The first kappa shape index (κ1) is 21.2. The second-order valence-corrected chi connectivity index (χ2v) is 8.85. The van der Waals surface area contributed by atoms with Crippen LogP contribution in [0.5, 0.6) is 0 Å². The molecule has 0 spiro atoms. The Morgan fingerprint density at radius 1 is 0.939 bits per heavy atom. The number of piperidine rings is 2. The van der Waals surface area contributed by atoms with Gasteiger partial charge in [0.2, 0.25) is 0 Å². The highest BCUT2D eigenvalue weighted by molar-refractivity contribution is 5.98. The maximum Gasteiger partial charge on any atom is 0.337 e. The van der Waals surface area contributed by atoms with Crippen molar-refractivity contribution in [2.45, 2.75) is 25.3 Å². The molecule has 3 heterocycles. The Bertz CT molecular complexity index is 1170. The summed E-state index contributed by atoms with van der Waals surface area (Å²) >= 11 is 0. The van der Waals surface area contributed by atoms with Gasteiger partial charge in [0.05, 0.1) is 12.7 Å². The standard InChI is InChI=1S/C26H27N3O4/c1-33-26(32)18-10-8-17(9-11-18)24(30)29-13-4-6-20-16-28(14-12-23(20)29)25(31)22-15-19-5-2-3-7-21(19)27-22/h2-3,5,7-11,15,20,23,27H,4,6,12-14,16H2,1H3/t20-,23+/m1/s1. The number of likely N-dealkylation sites (tertiary alicyclic amines) is 2. The lowest BCUT2D eigenvalue weighted by molar-refractivity contribution is 0.0195. The second kappa shape index (κ2) is 8.73. The smallest absolute Gasteiger partial charge is 0.337 e. The quantitative estimate of drug-likeness (QED) is 0.623. The van der Waals surface area contributed by atoms with E-state index in [1.807, 2.05) is 40.1 Å². The number of benzene rings is 2. The number of H-pyrrole nitrogens is 1. The fourth-order valence-corrected chi connectivity index (χ4v) is 5.23. The molecule has 0 aliphatic carbocycles. The fourth-order valence-electron chi connectivity index (χ4n) is 5.23. The lowest BCUT2D eigenvalue weighted by Gasteiger charge is -2.47. The number of aromatic nitrogens is 1. The van der Waals surface area contributed by atoms with Crippen molar-refractivity contribution >= 4 is 28.7 Å². The molecule has 2 aromatic carbocycles. The summed E-state index contributed by atoms with van der Waals surface area (Å²) in [6.45, 7) is 2.00. The van der Waals surface area contributed by atoms with Crippen LogP contribution < -0.4 is 0 Å². The van der Waals surface area contributed by atoms with Crippen LogP contribution in [0.15, 0.2) is 54.6 Å². The highest BCUT2D eigenvalue weighted by atomic mass is 16.5. The van der Waals surface area contributed by atoms with E-state index in [1.165, 1.54) is 7.11 Å². The Kier molecular flexibility index (Phi) is 5.62. The van der Waals surface area contributed by atoms with Gasteiger partial charge in [0.1, 0.15) is 5.69 Å². The number of esters is 1. The van der Waals surface area contributed by atoms with Crippen molar-refractivity contribution in [2.24, 2.45) is 5.92 Å². The predicted molar refractivity (Wildman–Crippen MR) is 124 cm³/mol. The van der Waals surface area contributed by atoms with Gasteiger partial charge in [-0.15, -0.1) is 0 Å². The summed E-state index contributed by atoms with van der Waals surface area (Å²) in [5.41, 5.74) is 2.57. The maximum atomic E-state index is 13.3. The van der Waals surface area contributed by atoms with Crippen molar-refractivity contribution in [3.63, 3.8) is 0 Å². The largest absolute Gasteiger partial charge is 0.465 e. The van der Waals surface area contributed by atoms with Crippen molar-refractivity contribution in [3.05, 3.63) is 71.4 Å². The molecule has 33 heavy (non-hydrogen) atoms. The Morgan fingerprint density at radius 3 is 2.45 bits per heavy atom. The summed E-state index contributed by atoms with van der Waals surface area (Å²) in [5, 5.41) is 1.03. The molecule has 2 aliphatic rings. The van der Waals surface area contributed by atoms with Gasteiger partial charge in [0.25, 0.3) is 11.8 Å². The normalized spacial score (nSPS) is 20.4. The van der Waals surface area contributed by atoms with E-state index in [1.54, 1.807) is 24.3 Å². The summed E-state index contributed by atoms with van der Waals surface area (Å²) in [7, 11) is 1.34. The van der Waals surface area contributed by atoms with Gasteiger partial charge in [0, 0.05) is 42.1 Å². The van der Waals surface area contributed by atoms with Gasteiger partial charge < -0.3 is 19.5 Å². The van der Waals surface area contributed by atoms with Crippen molar-refractivity contribution in [1.82, 2.24) is 14.8 Å². The Balaban J connectivity index is 1.28. The topological polar surface area (TPSA) is 82.7 Å². The molecule has 2 fully saturated rings. The number of para-hydroxylation sites is 1. The van der Waals surface area contributed by atoms with Gasteiger partial charge >= 0.3 is 5.97 Å². The molecule has 0 unspecified atom stereocenters. The third-order valence-corrected chi connectivity index (χ3v) is 6.93. The highest BCUT2D eigenvalue weighted by Crippen LogP contribution is 2.32. The van der Waals surface area contributed by atoms with E-state index in [0.717, 1.165) is 30.2 Å². The van der Waals surface area contributed by atoms with Crippen molar-refractivity contribution < 1.29 is 19.1 Å². The van der Waals surface area contributed by atoms with Crippen LogP contribution in [0.1, 0.15) is 50.5 Å². The zero-order chi connectivity index (χ0) is 22.9. The van der Waals surface area contributed by atoms with Crippen molar-refractivity contribution in [2.75, 3.05) is 26.7 Å². The first-order valence-electron chi connectivity index (χ1n) is 11.4. The predicted octanol–water partition coefficient (Wildman–Crippen LogP) is 3.72. The second-order valence-electron chi connectivity index (χ2n) is 8.85. The van der Waals surface area contributed by atoms with Gasteiger partial charge in [-0.3, -0.25) is 9.59 Å². The van der Waals surface area contributed by atoms with Crippen LogP contribution in [-0.4, -0.2) is 65.4 Å². The molecule has 0 radical (unpaired) electrons. The molecule has 2 aliphatic heterocycles. The van der Waals surface area contributed by atoms with E-state index in [-0.39, 0.29) is 23.8 Å². The van der Waals surface area contributed by atoms with Crippen LogP contribution in [0.3, 0.4) is 0 Å². The van der Waals surface area contributed by atoms with E-state index >= 15 is 0 Å². The molecule has 7 nitrogen and oxygen atoms in total. The Labute approximate surface area is 192 Å². The van der Waals surface area contributed by atoms with E-state index in [9.17, 15) is 14.4 Å². The van der Waals surface area contributed by atoms with Crippen LogP contribution in [0.2, 0.25) is 0 Å². The minimum Gasteiger partial charge on any atom is -0.465 e. The van der Waals surface area contributed by atoms with Crippen LogP contribution in [-0.2, 0) is 4.74 Å². The molecule has 170 valence electrons. The molecule has 0 saturated carbocycles. The highest BCUT2D eigenvalue weighted by Gasteiger charge is 2.39. The SMILES string of the molecule is COC(=O)c1ccc(C(=O)N2CCC[C@@H]3CN(C(=O)c4cc5ccccc5[nH]4)CC[C@@H]32)cc1. The summed E-state index contributed by atoms with van der Waals surface area (Å²) < 4.78 is 4.73. The van der Waals surface area contributed by atoms with E-state index in [4.69, 9.17) is 4.74 Å². The average molecular weight is 446 g/mol. The molecule has 2 saturated heterocycles. The van der Waals surface area contributed by atoms with E-state index < -0.39 is 5.97 Å². The van der Waals surface area contributed by atoms with Crippen molar-refractivity contribution in [3.8, 4) is 0 Å². The minimum absolute atomic E-state index is 0.0171. The van der Waals surface area contributed by atoms with Gasteiger partial charge in [0.15, 0.2) is 0 Å². The number of carbonyl (C=O) groups is 3. The lowest BCUT2D eigenvalue weighted by atomic mass is 9.83. The molecule has 7 heteroatoms. The lowest BCUT2D eigenvalue weighted by Crippen LogP contribution is -2.56. The van der Waals surface area contributed by atoms with Gasteiger partial charge in [-0.1, -0.05) is 18.2 Å². The van der Waals surface area contributed by atoms with Gasteiger partial charge in [-0.2, -0.15) is 0 Å². The number of ether oxygens (including phenoxy) is 1. The number of hydrogen-bond acceptors (Lipinski definition) is 4. The minimum atomic E-state index is -0.418. The Hall–Kier alpha value is -3.61.